The first kappa shape index (κ1) is 14.3. The van der Waals surface area contributed by atoms with Gasteiger partial charge in [-0.15, -0.1) is 0 Å². The zero-order valence-electron chi connectivity index (χ0n) is 9.50. The van der Waals surface area contributed by atoms with Gasteiger partial charge in [0.05, 0.1) is 10.8 Å². The van der Waals surface area contributed by atoms with Gasteiger partial charge < -0.3 is 0 Å². The van der Waals surface area contributed by atoms with Crippen molar-refractivity contribution in [1.29, 1.82) is 0 Å². The molecule has 0 nitrogen and oxygen atoms in total. The molecule has 0 spiro atoms. The van der Waals surface area contributed by atoms with Crippen LogP contribution in [-0.2, 0) is 0 Å². The molecule has 1 aliphatic heterocycles. The fraction of sp³-hybridized carbons (Fsp3) is 0.800. The molecule has 3 heteroatoms. The van der Waals surface area contributed by atoms with Gasteiger partial charge in [-0.3, -0.25) is 0 Å². The molecule has 1 heterocycles. The molecule has 0 aromatic heterocycles. The molecule has 0 fully saturated rings. The van der Waals surface area contributed by atoms with E-state index in [1.807, 2.05) is 0 Å². The third-order valence-electron chi connectivity index (χ3n) is 2.00. The van der Waals surface area contributed by atoms with Crippen LogP contribution >= 0.6 is 16.4 Å². The first-order chi connectivity index (χ1) is 5.21. The SMILES string of the molecule is CC(C)(C)C1=[PH+]C(C(C)(C)C)=[PH+]1.[Pb]. The van der Waals surface area contributed by atoms with E-state index in [9.17, 15) is 0 Å². The van der Waals surface area contributed by atoms with E-state index in [2.05, 4.69) is 41.5 Å². The van der Waals surface area contributed by atoms with Gasteiger partial charge >= 0.3 is 0 Å². The number of rotatable bonds is 0. The van der Waals surface area contributed by atoms with E-state index in [4.69, 9.17) is 0 Å². The Morgan fingerprint density at radius 1 is 0.692 bits per heavy atom. The molecule has 0 N–H and O–H groups in total. The second kappa shape index (κ2) is 4.41. The fourth-order valence-electron chi connectivity index (χ4n) is 1.00. The van der Waals surface area contributed by atoms with Crippen LogP contribution < -0.4 is 0 Å². The van der Waals surface area contributed by atoms with Crippen molar-refractivity contribution in [3.05, 3.63) is 0 Å². The standard InChI is InChI=1S/C10H18P2.Pb/c1-9(2,3)7-11-8(12-7)10(4,5)6;/h1-6H3;/p+2. The van der Waals surface area contributed by atoms with E-state index in [-0.39, 0.29) is 27.3 Å². The minimum atomic E-state index is 0. The number of hydrogen-bond donors (Lipinski definition) is 0. The summed E-state index contributed by atoms with van der Waals surface area (Å²) in [5.74, 6) is 0. The van der Waals surface area contributed by atoms with Gasteiger partial charge in [0.15, 0.2) is 0 Å². The Hall–Kier alpha value is 1.26. The Morgan fingerprint density at radius 2 is 0.923 bits per heavy atom. The third-order valence-corrected chi connectivity index (χ3v) is 7.50. The Labute approximate surface area is 106 Å². The third kappa shape index (κ3) is 3.72. The minimum absolute atomic E-state index is 0. The van der Waals surface area contributed by atoms with Crippen molar-refractivity contribution in [2.75, 3.05) is 0 Å². The summed E-state index contributed by atoms with van der Waals surface area (Å²) in [6.07, 6.45) is 0. The Balaban J connectivity index is 0.00000144. The zero-order valence-corrected chi connectivity index (χ0v) is 15.4. The first-order valence-electron chi connectivity index (χ1n) is 4.50. The van der Waals surface area contributed by atoms with Gasteiger partial charge in [0, 0.05) is 27.3 Å². The summed E-state index contributed by atoms with van der Waals surface area (Å²) in [4.78, 5) is 0. The van der Waals surface area contributed by atoms with Crippen molar-refractivity contribution >= 4 is 53.8 Å². The molecular weight excluding hydrogens is 389 g/mol. The Bertz CT molecular complexity index is 218. The maximum Gasteiger partial charge on any atom is 0.298 e. The molecular formula is C10H20P2Pb+2. The first-order valence-corrected chi connectivity index (χ1v) is 6.50. The van der Waals surface area contributed by atoms with Gasteiger partial charge in [-0.25, -0.2) is 0 Å². The largest absolute Gasteiger partial charge is 0.298 e. The van der Waals surface area contributed by atoms with Crippen LogP contribution in [0.25, 0.3) is 0 Å². The minimum Gasteiger partial charge on any atom is -0.0484 e. The summed E-state index contributed by atoms with van der Waals surface area (Å²) in [6, 6.07) is 0. The molecule has 1 rings (SSSR count). The molecule has 0 bridgehead atoms. The van der Waals surface area contributed by atoms with Crippen LogP contribution in [0.3, 0.4) is 0 Å². The van der Waals surface area contributed by atoms with Crippen molar-refractivity contribution in [3.8, 4) is 0 Å². The van der Waals surface area contributed by atoms with E-state index >= 15 is 0 Å². The van der Waals surface area contributed by atoms with Crippen LogP contribution in [0.2, 0.25) is 0 Å². The molecule has 13 heavy (non-hydrogen) atoms. The Morgan fingerprint density at radius 3 is 1.08 bits per heavy atom. The van der Waals surface area contributed by atoms with E-state index < -0.39 is 0 Å². The van der Waals surface area contributed by atoms with Crippen molar-refractivity contribution in [2.45, 2.75) is 41.5 Å². The fourth-order valence-corrected chi connectivity index (χ4v) is 4.12. The maximum absolute atomic E-state index is 2.34. The van der Waals surface area contributed by atoms with Crippen LogP contribution in [0.5, 0.6) is 0 Å². The zero-order chi connectivity index (χ0) is 9.57. The second-order valence-electron chi connectivity index (χ2n) is 5.50. The Kier molecular flexibility index (Phi) is 4.84. The summed E-state index contributed by atoms with van der Waals surface area (Å²) in [5, 5.41) is 3.57. The molecule has 4 radical (unpaired) electrons. The monoisotopic (exact) mass is 410 g/mol. The molecule has 0 unspecified atom stereocenters. The summed E-state index contributed by atoms with van der Waals surface area (Å²) in [7, 11) is 2.10. The summed E-state index contributed by atoms with van der Waals surface area (Å²) in [5.41, 5.74) is 0.928. The molecule has 0 atom stereocenters. The van der Waals surface area contributed by atoms with Gasteiger partial charge in [0.25, 0.3) is 10.1 Å². The molecule has 0 aromatic carbocycles. The molecule has 0 saturated heterocycles. The van der Waals surface area contributed by atoms with Gasteiger partial charge in [-0.2, -0.15) is 0 Å². The van der Waals surface area contributed by atoms with Crippen LogP contribution in [0, 0.1) is 10.8 Å². The molecule has 1 aliphatic rings. The summed E-state index contributed by atoms with van der Waals surface area (Å²) in [6.45, 7) is 14.0. The predicted octanol–water partition coefficient (Wildman–Crippen LogP) is 3.33. The van der Waals surface area contributed by atoms with Crippen molar-refractivity contribution in [3.63, 3.8) is 0 Å². The maximum atomic E-state index is 2.34. The summed E-state index contributed by atoms with van der Waals surface area (Å²) >= 11 is 0. The normalized spacial score (nSPS) is 19.2. The van der Waals surface area contributed by atoms with Gasteiger partial charge in [-0.05, 0) is 41.5 Å². The van der Waals surface area contributed by atoms with Crippen LogP contribution in [0.1, 0.15) is 41.5 Å². The van der Waals surface area contributed by atoms with Crippen molar-refractivity contribution in [2.24, 2.45) is 10.8 Å². The van der Waals surface area contributed by atoms with Crippen LogP contribution in [-0.4, -0.2) is 37.4 Å². The van der Waals surface area contributed by atoms with E-state index in [0.29, 0.717) is 10.8 Å². The average molecular weight is 409 g/mol. The molecule has 72 valence electrons. The predicted molar refractivity (Wildman–Crippen MR) is 71.3 cm³/mol. The van der Waals surface area contributed by atoms with E-state index in [1.54, 1.807) is 10.1 Å². The van der Waals surface area contributed by atoms with Gasteiger partial charge in [0.2, 0.25) is 16.4 Å². The van der Waals surface area contributed by atoms with Crippen molar-refractivity contribution < 1.29 is 0 Å². The molecule has 0 amide bonds. The molecule has 0 saturated carbocycles. The van der Waals surface area contributed by atoms with E-state index in [1.165, 1.54) is 0 Å². The topological polar surface area (TPSA) is 0 Å². The average Bonchev–Trinajstić information content (AvgIpc) is 1.46. The van der Waals surface area contributed by atoms with Gasteiger partial charge in [-0.1, -0.05) is 0 Å². The van der Waals surface area contributed by atoms with Gasteiger partial charge in [0.1, 0.15) is 0 Å². The van der Waals surface area contributed by atoms with Crippen molar-refractivity contribution in [1.82, 2.24) is 0 Å². The second-order valence-corrected chi connectivity index (χ2v) is 9.00. The van der Waals surface area contributed by atoms with Crippen LogP contribution in [0.4, 0.5) is 0 Å². The van der Waals surface area contributed by atoms with Crippen LogP contribution in [0.15, 0.2) is 0 Å². The molecule has 0 aromatic rings. The smallest absolute Gasteiger partial charge is 0.0484 e. The van der Waals surface area contributed by atoms with E-state index in [0.717, 1.165) is 16.4 Å². The quantitative estimate of drug-likeness (QED) is 0.425. The number of hydrogen-bond acceptors (Lipinski definition) is 0. The molecule has 0 aliphatic carbocycles. The summed E-state index contributed by atoms with van der Waals surface area (Å²) < 4.78 is 0.